The fraction of sp³-hybridized carbons (Fsp3) is 0.562. The summed E-state index contributed by atoms with van der Waals surface area (Å²) in [6.45, 7) is 20.0. The van der Waals surface area contributed by atoms with Crippen molar-refractivity contribution < 1.29 is 67.8 Å². The summed E-state index contributed by atoms with van der Waals surface area (Å²) >= 11 is 0. The van der Waals surface area contributed by atoms with E-state index in [0.717, 1.165) is 67.2 Å². The van der Waals surface area contributed by atoms with Gasteiger partial charge in [-0.1, -0.05) is 89.3 Å². The number of aromatic nitrogens is 3. The van der Waals surface area contributed by atoms with Gasteiger partial charge in [0.2, 0.25) is 11.7 Å². The monoisotopic (exact) mass is 1410 g/mol. The molecule has 5 aliphatic rings. The van der Waals surface area contributed by atoms with Crippen molar-refractivity contribution in [3.63, 3.8) is 0 Å². The number of benzene rings is 2. The molecule has 9 rings (SSSR count). The van der Waals surface area contributed by atoms with Gasteiger partial charge >= 0.3 is 5.97 Å². The predicted octanol–water partition coefficient (Wildman–Crippen LogP) is 10.8. The second-order valence-corrected chi connectivity index (χ2v) is 29.0. The number of esters is 1. The summed E-state index contributed by atoms with van der Waals surface area (Å²) in [5, 5.41) is 40.1. The number of hydrogen-bond donors (Lipinski definition) is 5. The Morgan fingerprint density at radius 1 is 0.804 bits per heavy atom. The first-order valence-electron chi connectivity index (χ1n) is 36.4. The number of piperazine rings is 1. The minimum absolute atomic E-state index is 0.0193. The lowest BCUT2D eigenvalue weighted by molar-refractivity contribution is -0.265. The SMILES string of the molecule is CO[C@H]1C[C@@H]2CC[C@@H](C)[C@@](O)(O2)C(=O)C(=O)N2CCCC[C@H]2C(=O)O[C@H]([C@H](C)C[C@@H]2CC[C@@H](O)[C@H](OC)C2)CC(=O)[C@H](C)/C=C(\C)[C@@H](O)[C@@H](OC)C(=O)[C@H](C)C[C@H](C)\C=C/C=C/C=C/1C.Cc1ccc(NC(=O)c2ccc(CN3CCN(C)CC3)cc2)cc1Nc1nccc(-c2cccnc2)n1. The molecule has 0 radical (unpaired) electrons. The summed E-state index contributed by atoms with van der Waals surface area (Å²) in [7, 11) is 6.68. The van der Waals surface area contributed by atoms with Crippen LogP contribution in [-0.4, -0.2) is 196 Å². The molecule has 2 bridgehead atoms. The summed E-state index contributed by atoms with van der Waals surface area (Å²) in [5.41, 5.74) is 7.35. The summed E-state index contributed by atoms with van der Waals surface area (Å²) in [4.78, 5) is 103. The average Bonchev–Trinajstić information content (AvgIpc) is 0.774. The van der Waals surface area contributed by atoms with Crippen LogP contribution in [0.4, 0.5) is 17.3 Å². The quantitative estimate of drug-likeness (QED) is 0.0472. The Hall–Kier alpha value is -7.51. The van der Waals surface area contributed by atoms with Crippen LogP contribution in [-0.2, 0) is 54.2 Å². The van der Waals surface area contributed by atoms with Crippen LogP contribution in [0.25, 0.3) is 11.3 Å². The molecule has 0 spiro atoms. The van der Waals surface area contributed by atoms with Crippen LogP contribution in [0.15, 0.2) is 127 Å². The summed E-state index contributed by atoms with van der Waals surface area (Å²) in [6.07, 6.45) is 16.4. The van der Waals surface area contributed by atoms with Crippen LogP contribution in [0.5, 0.6) is 0 Å². The lowest BCUT2D eigenvalue weighted by atomic mass is 9.78. The lowest BCUT2D eigenvalue weighted by Gasteiger charge is -2.42. The number of fused-ring (bicyclic) bond motifs is 3. The first-order valence-corrected chi connectivity index (χ1v) is 36.4. The highest BCUT2D eigenvalue weighted by Gasteiger charge is 2.53. The molecule has 4 aromatic rings. The van der Waals surface area contributed by atoms with Gasteiger partial charge in [0.05, 0.1) is 30.1 Å². The number of carbonyl (C=O) groups excluding carboxylic acids is 6. The Morgan fingerprint density at radius 3 is 2.26 bits per heavy atom. The fourth-order valence-corrected chi connectivity index (χ4v) is 14.4. The van der Waals surface area contributed by atoms with Gasteiger partial charge in [-0.3, -0.25) is 33.9 Å². The third-order valence-electron chi connectivity index (χ3n) is 21.1. The Bertz CT molecular complexity index is 3580. The number of methoxy groups -OCH3 is 3. The standard InChI is InChI=1S/C51H79NO13.C29H31N7O/c1-30-16-12-11-13-17-31(2)42(61-8)28-38-21-19-36(7)51(60,65-38)48(57)49(58)52-23-15-14-18-39(52)50(59)64-43(33(4)26-37-20-22-40(53)44(27-37)62-9)29-41(54)32(3)25-35(6)46(56)47(63-10)45(55)34(5)24-30;1-21-5-10-25(18-27(21)34-29-31-13-11-26(33-29)24-4-3-12-30-19-24)32-28(37)23-8-6-22(7-9-23)20-36-16-14-35(2)15-17-36/h11-13,16-17,25,30,32-34,36-40,42-44,46-47,53,56,60H,14-15,18-24,26-29H2,1-10H3;3-13,18-19H,14-17,20H2,1-2H3,(H,32,37)(H,31,33,34)/b13-11+,16-12-,31-17+,35-25+;/t30-,32-,33-,34-,36-,37+,38+,39+,40-,42+,43+,44-,46-,47+,51-;/m1./s1. The molecule has 0 unspecified atom stereocenters. The number of carbonyl (C=O) groups is 6. The Balaban J connectivity index is 0.000000299. The van der Waals surface area contributed by atoms with Gasteiger partial charge < -0.3 is 59.4 Å². The van der Waals surface area contributed by atoms with Crippen molar-refractivity contribution in [3.05, 3.63) is 144 Å². The molecule has 102 heavy (non-hydrogen) atoms. The van der Waals surface area contributed by atoms with E-state index in [1.807, 2.05) is 126 Å². The van der Waals surface area contributed by atoms with E-state index in [2.05, 4.69) is 42.4 Å². The van der Waals surface area contributed by atoms with Gasteiger partial charge in [0, 0.05) is 132 Å². The van der Waals surface area contributed by atoms with Crippen LogP contribution in [0.3, 0.4) is 0 Å². The molecule has 22 heteroatoms. The topological polar surface area (TPSA) is 282 Å². The zero-order valence-electron chi connectivity index (χ0n) is 61.8. The highest BCUT2D eigenvalue weighted by molar-refractivity contribution is 6.39. The van der Waals surface area contributed by atoms with E-state index in [9.17, 15) is 44.1 Å². The van der Waals surface area contributed by atoms with Crippen molar-refractivity contribution in [2.45, 2.75) is 194 Å². The average molecular weight is 1410 g/mol. The van der Waals surface area contributed by atoms with Crippen LogP contribution < -0.4 is 10.6 Å². The van der Waals surface area contributed by atoms with Crippen molar-refractivity contribution in [1.29, 1.82) is 0 Å². The smallest absolute Gasteiger partial charge is 0.329 e. The normalized spacial score (nSPS) is 31.0. The number of aliphatic hydroxyl groups excluding tert-OH is 2. The van der Waals surface area contributed by atoms with Crippen molar-refractivity contribution >= 4 is 52.5 Å². The molecular weight excluding hydrogens is 1300 g/mol. The van der Waals surface area contributed by atoms with E-state index in [1.165, 1.54) is 17.6 Å². The van der Waals surface area contributed by atoms with E-state index in [1.54, 1.807) is 59.7 Å². The first-order chi connectivity index (χ1) is 48.8. The third-order valence-corrected chi connectivity index (χ3v) is 21.1. The van der Waals surface area contributed by atoms with Crippen molar-refractivity contribution in [2.75, 3.05) is 71.7 Å². The number of Topliss-reactive ketones (excluding diaryl/α,β-unsaturated/α-hetero) is 3. The van der Waals surface area contributed by atoms with Crippen molar-refractivity contribution in [2.24, 2.45) is 35.5 Å². The number of aryl methyl sites for hydroxylation is 1. The summed E-state index contributed by atoms with van der Waals surface area (Å²) in [5.74, 6) is -7.63. The van der Waals surface area contributed by atoms with Crippen LogP contribution in [0.2, 0.25) is 0 Å². The predicted molar refractivity (Wildman–Crippen MR) is 392 cm³/mol. The molecule has 22 nitrogen and oxygen atoms in total. The molecule has 15 atom stereocenters. The van der Waals surface area contributed by atoms with Crippen molar-refractivity contribution in [3.8, 4) is 11.3 Å². The second-order valence-electron chi connectivity index (χ2n) is 29.0. The zero-order chi connectivity index (χ0) is 73.8. The number of aliphatic hydroxyl groups is 3. The number of nitrogens with zero attached hydrogens (tertiary/aromatic N) is 6. The molecule has 3 saturated heterocycles. The minimum Gasteiger partial charge on any atom is -0.460 e. The molecule has 4 aliphatic heterocycles. The molecule has 1 saturated carbocycles. The van der Waals surface area contributed by atoms with Crippen LogP contribution >= 0.6 is 0 Å². The molecule has 554 valence electrons. The zero-order valence-corrected chi connectivity index (χ0v) is 61.8. The number of ketones is 3. The Morgan fingerprint density at radius 2 is 1.56 bits per heavy atom. The number of hydrogen-bond acceptors (Lipinski definition) is 20. The highest BCUT2D eigenvalue weighted by atomic mass is 16.6. The Kier molecular flexibility index (Phi) is 30.1. The Labute approximate surface area is 602 Å². The lowest BCUT2D eigenvalue weighted by Crippen LogP contribution is -2.61. The molecule has 4 fully saturated rings. The van der Waals surface area contributed by atoms with E-state index >= 15 is 0 Å². The van der Waals surface area contributed by atoms with E-state index in [0.29, 0.717) is 80.6 Å². The number of rotatable bonds is 13. The highest BCUT2D eigenvalue weighted by Crippen LogP contribution is 2.38. The molecular formula is C80H110N8O14. The van der Waals surface area contributed by atoms with Gasteiger partial charge in [0.15, 0.2) is 5.78 Å². The molecule has 6 heterocycles. The second kappa shape index (κ2) is 38.3. The van der Waals surface area contributed by atoms with Gasteiger partial charge in [0.25, 0.3) is 17.6 Å². The number of anilines is 3. The number of ether oxygens (including phenoxy) is 5. The maximum absolute atomic E-state index is 14.4. The summed E-state index contributed by atoms with van der Waals surface area (Å²) in [6, 6.07) is 18.2. The van der Waals surface area contributed by atoms with Gasteiger partial charge in [-0.05, 0) is 175 Å². The van der Waals surface area contributed by atoms with Gasteiger partial charge in [0.1, 0.15) is 30.1 Å². The van der Waals surface area contributed by atoms with Gasteiger partial charge in [-0.2, -0.15) is 0 Å². The molecule has 1 aliphatic carbocycles. The van der Waals surface area contributed by atoms with Gasteiger partial charge in [-0.25, -0.2) is 14.8 Å². The maximum atomic E-state index is 14.4. The van der Waals surface area contributed by atoms with E-state index in [-0.39, 0.29) is 60.7 Å². The number of cyclic esters (lactones) is 1. The third kappa shape index (κ3) is 22.0. The van der Waals surface area contributed by atoms with Crippen LogP contribution in [0, 0.1) is 42.4 Å². The first kappa shape index (κ1) is 80.2. The number of allylic oxidation sites excluding steroid dienone is 6. The van der Waals surface area contributed by atoms with Gasteiger partial charge in [-0.15, -0.1) is 0 Å². The molecule has 5 N–H and O–H groups in total. The molecule has 2 amide bonds. The van der Waals surface area contributed by atoms with Crippen LogP contribution in [0.1, 0.15) is 147 Å². The number of piperidine rings is 1. The number of nitrogens with one attached hydrogen (secondary N) is 2. The molecule has 2 aromatic heterocycles. The minimum atomic E-state index is -2.43. The molecule has 2 aromatic carbocycles. The number of pyridine rings is 1. The largest absolute Gasteiger partial charge is 0.460 e. The number of amides is 2. The van der Waals surface area contributed by atoms with Crippen molar-refractivity contribution in [1.82, 2.24) is 29.7 Å². The van der Waals surface area contributed by atoms with E-state index < -0.39 is 83.9 Å². The summed E-state index contributed by atoms with van der Waals surface area (Å²) < 4.78 is 29.4. The fourth-order valence-electron chi connectivity index (χ4n) is 14.4. The number of likely N-dealkylation sites (N-methyl/N-ethyl adjacent to an activating group) is 1. The maximum Gasteiger partial charge on any atom is 0.329 e. The van der Waals surface area contributed by atoms with E-state index in [4.69, 9.17) is 23.7 Å².